The van der Waals surface area contributed by atoms with E-state index in [9.17, 15) is 4.79 Å². The SMILES string of the molecule is O=CC1CCCCNCC1. The normalized spacial score (nSPS) is 28.6. The molecule has 0 amide bonds. The van der Waals surface area contributed by atoms with Crippen LogP contribution in [0.3, 0.4) is 0 Å². The van der Waals surface area contributed by atoms with Crippen molar-refractivity contribution in [3.8, 4) is 0 Å². The molecule has 1 fully saturated rings. The van der Waals surface area contributed by atoms with Gasteiger partial charge in [-0.15, -0.1) is 0 Å². The highest BCUT2D eigenvalue weighted by Gasteiger charge is 2.08. The second-order valence-corrected chi connectivity index (χ2v) is 2.93. The summed E-state index contributed by atoms with van der Waals surface area (Å²) < 4.78 is 0. The lowest BCUT2D eigenvalue weighted by atomic mass is 9.98. The predicted octanol–water partition coefficient (Wildman–Crippen LogP) is 0.965. The quantitative estimate of drug-likeness (QED) is 0.551. The van der Waals surface area contributed by atoms with E-state index >= 15 is 0 Å². The van der Waals surface area contributed by atoms with Crippen LogP contribution in [0.15, 0.2) is 0 Å². The molecule has 0 aromatic rings. The van der Waals surface area contributed by atoms with Crippen molar-refractivity contribution in [3.63, 3.8) is 0 Å². The molecule has 0 saturated carbocycles. The maximum Gasteiger partial charge on any atom is 0.123 e. The monoisotopic (exact) mass is 141 g/mol. The zero-order valence-electron chi connectivity index (χ0n) is 6.31. The summed E-state index contributed by atoms with van der Waals surface area (Å²) in [4.78, 5) is 10.4. The molecule has 1 atom stereocenters. The van der Waals surface area contributed by atoms with Crippen LogP contribution in [0.5, 0.6) is 0 Å². The van der Waals surface area contributed by atoms with Crippen LogP contribution in [-0.2, 0) is 4.79 Å². The molecule has 2 heteroatoms. The third-order valence-electron chi connectivity index (χ3n) is 2.06. The van der Waals surface area contributed by atoms with E-state index < -0.39 is 0 Å². The van der Waals surface area contributed by atoms with Crippen LogP contribution < -0.4 is 5.32 Å². The number of carbonyl (C=O) groups excluding carboxylic acids is 1. The van der Waals surface area contributed by atoms with Crippen molar-refractivity contribution in [2.45, 2.75) is 25.7 Å². The fourth-order valence-electron chi connectivity index (χ4n) is 1.35. The topological polar surface area (TPSA) is 29.1 Å². The Balaban J connectivity index is 2.22. The zero-order chi connectivity index (χ0) is 7.23. The summed E-state index contributed by atoms with van der Waals surface area (Å²) in [7, 11) is 0. The molecule has 1 N–H and O–H groups in total. The minimum Gasteiger partial charge on any atom is -0.317 e. The number of rotatable bonds is 1. The van der Waals surface area contributed by atoms with E-state index in [1.165, 1.54) is 12.8 Å². The third kappa shape index (κ3) is 2.48. The first-order valence-electron chi connectivity index (χ1n) is 4.09. The highest BCUT2D eigenvalue weighted by Crippen LogP contribution is 2.11. The van der Waals surface area contributed by atoms with Crippen LogP contribution in [0.1, 0.15) is 25.7 Å². The Morgan fingerprint density at radius 2 is 2.10 bits per heavy atom. The first kappa shape index (κ1) is 7.73. The van der Waals surface area contributed by atoms with Crippen molar-refractivity contribution in [3.05, 3.63) is 0 Å². The average Bonchev–Trinajstić information content (AvgIpc) is 1.87. The van der Waals surface area contributed by atoms with Crippen LogP contribution in [0.25, 0.3) is 0 Å². The van der Waals surface area contributed by atoms with Gasteiger partial charge in [0.15, 0.2) is 0 Å². The van der Waals surface area contributed by atoms with Gasteiger partial charge in [0.25, 0.3) is 0 Å². The van der Waals surface area contributed by atoms with Gasteiger partial charge in [-0.25, -0.2) is 0 Å². The smallest absolute Gasteiger partial charge is 0.123 e. The Morgan fingerprint density at radius 3 is 2.90 bits per heavy atom. The predicted molar refractivity (Wildman–Crippen MR) is 40.9 cm³/mol. The summed E-state index contributed by atoms with van der Waals surface area (Å²) in [5.74, 6) is 0.327. The lowest BCUT2D eigenvalue weighted by Crippen LogP contribution is -2.22. The molecule has 1 rings (SSSR count). The summed E-state index contributed by atoms with van der Waals surface area (Å²) in [5, 5.41) is 3.29. The van der Waals surface area contributed by atoms with E-state index in [1.807, 2.05) is 0 Å². The summed E-state index contributed by atoms with van der Waals surface area (Å²) in [6.45, 7) is 2.15. The molecule has 0 aromatic carbocycles. The van der Waals surface area contributed by atoms with Gasteiger partial charge in [0.05, 0.1) is 0 Å². The summed E-state index contributed by atoms with van der Waals surface area (Å²) in [6, 6.07) is 0. The van der Waals surface area contributed by atoms with Crippen molar-refractivity contribution in [1.82, 2.24) is 5.32 Å². The van der Waals surface area contributed by atoms with Gasteiger partial charge in [0.2, 0.25) is 0 Å². The zero-order valence-corrected chi connectivity index (χ0v) is 6.31. The number of carbonyl (C=O) groups is 1. The summed E-state index contributed by atoms with van der Waals surface area (Å²) >= 11 is 0. The molecule has 58 valence electrons. The van der Waals surface area contributed by atoms with Gasteiger partial charge in [-0.05, 0) is 32.4 Å². The molecule has 10 heavy (non-hydrogen) atoms. The van der Waals surface area contributed by atoms with Crippen molar-refractivity contribution >= 4 is 6.29 Å². The van der Waals surface area contributed by atoms with Gasteiger partial charge < -0.3 is 10.1 Å². The van der Waals surface area contributed by atoms with E-state index in [1.54, 1.807) is 0 Å². The molecule has 0 aliphatic carbocycles. The van der Waals surface area contributed by atoms with Gasteiger partial charge >= 0.3 is 0 Å². The molecule has 1 aliphatic rings. The van der Waals surface area contributed by atoms with Crippen molar-refractivity contribution in [2.24, 2.45) is 5.92 Å². The Labute approximate surface area is 62.0 Å². The standard InChI is InChI=1S/C8H15NO/c10-7-8-3-1-2-5-9-6-4-8/h7-9H,1-6H2. The molecular weight excluding hydrogens is 126 g/mol. The largest absolute Gasteiger partial charge is 0.317 e. The van der Waals surface area contributed by atoms with Crippen LogP contribution in [0, 0.1) is 5.92 Å². The Morgan fingerprint density at radius 1 is 1.20 bits per heavy atom. The van der Waals surface area contributed by atoms with Crippen LogP contribution in [0.4, 0.5) is 0 Å². The first-order valence-corrected chi connectivity index (χ1v) is 4.09. The Hall–Kier alpha value is -0.370. The highest BCUT2D eigenvalue weighted by molar-refractivity contribution is 5.53. The van der Waals surface area contributed by atoms with Gasteiger partial charge in [-0.1, -0.05) is 6.42 Å². The molecule has 2 nitrogen and oxygen atoms in total. The molecular formula is C8H15NO. The highest BCUT2D eigenvalue weighted by atomic mass is 16.1. The molecule has 0 spiro atoms. The molecule has 1 saturated heterocycles. The average molecular weight is 141 g/mol. The van der Waals surface area contributed by atoms with Gasteiger partial charge in [0, 0.05) is 5.92 Å². The molecule has 1 heterocycles. The Bertz CT molecular complexity index is 95.4. The molecule has 1 unspecified atom stereocenters. The first-order chi connectivity index (χ1) is 4.93. The number of nitrogens with one attached hydrogen (secondary N) is 1. The molecule has 0 bridgehead atoms. The minimum absolute atomic E-state index is 0.327. The van der Waals surface area contributed by atoms with E-state index in [4.69, 9.17) is 0 Å². The molecule has 0 aromatic heterocycles. The fraction of sp³-hybridized carbons (Fsp3) is 0.875. The molecule has 0 radical (unpaired) electrons. The summed E-state index contributed by atoms with van der Waals surface area (Å²) in [5.41, 5.74) is 0. The third-order valence-corrected chi connectivity index (χ3v) is 2.06. The maximum atomic E-state index is 10.4. The van der Waals surface area contributed by atoms with E-state index in [0.717, 1.165) is 32.2 Å². The lowest BCUT2D eigenvalue weighted by molar-refractivity contribution is -0.111. The minimum atomic E-state index is 0.327. The van der Waals surface area contributed by atoms with Crippen molar-refractivity contribution in [1.29, 1.82) is 0 Å². The van der Waals surface area contributed by atoms with Crippen LogP contribution in [0.2, 0.25) is 0 Å². The number of hydrogen-bond donors (Lipinski definition) is 1. The fourth-order valence-corrected chi connectivity index (χ4v) is 1.35. The van der Waals surface area contributed by atoms with E-state index in [2.05, 4.69) is 5.32 Å². The lowest BCUT2D eigenvalue weighted by Gasteiger charge is -2.14. The summed E-state index contributed by atoms with van der Waals surface area (Å²) in [6.07, 6.45) is 5.67. The van der Waals surface area contributed by atoms with Crippen molar-refractivity contribution < 1.29 is 4.79 Å². The van der Waals surface area contributed by atoms with Gasteiger partial charge in [-0.2, -0.15) is 0 Å². The van der Waals surface area contributed by atoms with Crippen LogP contribution in [-0.4, -0.2) is 19.4 Å². The van der Waals surface area contributed by atoms with Crippen molar-refractivity contribution in [2.75, 3.05) is 13.1 Å². The van der Waals surface area contributed by atoms with Gasteiger partial charge in [-0.3, -0.25) is 0 Å². The second kappa shape index (κ2) is 4.45. The number of hydrogen-bond acceptors (Lipinski definition) is 2. The molecule has 1 aliphatic heterocycles. The van der Waals surface area contributed by atoms with E-state index in [0.29, 0.717) is 5.92 Å². The Kier molecular flexibility index (Phi) is 3.44. The maximum absolute atomic E-state index is 10.4. The van der Waals surface area contributed by atoms with Gasteiger partial charge in [0.1, 0.15) is 6.29 Å². The van der Waals surface area contributed by atoms with Crippen LogP contribution >= 0.6 is 0 Å². The number of aldehydes is 1. The van der Waals surface area contributed by atoms with E-state index in [-0.39, 0.29) is 0 Å². The second-order valence-electron chi connectivity index (χ2n) is 2.93.